The lowest BCUT2D eigenvalue weighted by atomic mass is 10.2. The van der Waals surface area contributed by atoms with E-state index in [9.17, 15) is 0 Å². The Balaban J connectivity index is 1.73. The highest BCUT2D eigenvalue weighted by atomic mass is 16.5. The molecule has 0 spiro atoms. The lowest BCUT2D eigenvalue weighted by Gasteiger charge is -2.10. The number of nitrogens with one attached hydrogen (secondary N) is 2. The van der Waals surface area contributed by atoms with Crippen molar-refractivity contribution in [2.75, 3.05) is 13.2 Å². The molecule has 1 aliphatic carbocycles. The minimum atomic E-state index is 0.291. The second-order valence-corrected chi connectivity index (χ2v) is 3.89. The molecule has 1 saturated heterocycles. The predicted octanol–water partition coefficient (Wildman–Crippen LogP) is -0.263. The van der Waals surface area contributed by atoms with E-state index in [1.54, 1.807) is 0 Å². The maximum Gasteiger partial charge on any atom is 0.206 e. The number of hydrogen-bond donors (Lipinski definition) is 3. The Morgan fingerprint density at radius 2 is 2.29 bits per heavy atom. The van der Waals surface area contributed by atoms with Gasteiger partial charge in [-0.1, -0.05) is 0 Å². The van der Waals surface area contributed by atoms with E-state index in [0.717, 1.165) is 19.4 Å². The average Bonchev–Trinajstić information content (AvgIpc) is 2.86. The Hall–Kier alpha value is -0.810. The van der Waals surface area contributed by atoms with Gasteiger partial charge in [0.1, 0.15) is 0 Å². The quantitative estimate of drug-likeness (QED) is 0.253. The normalized spacial score (nSPS) is 27.8. The minimum Gasteiger partial charge on any atom is -0.376 e. The number of rotatable bonds is 3. The topological polar surface area (TPSA) is 71.7 Å². The molecule has 0 radical (unpaired) electrons. The number of nitrogens with zero attached hydrogens (tertiary/aromatic N) is 1. The fourth-order valence-electron chi connectivity index (χ4n) is 1.54. The van der Waals surface area contributed by atoms with Crippen molar-refractivity contribution < 1.29 is 4.74 Å². The molecule has 0 amide bonds. The van der Waals surface area contributed by atoms with Gasteiger partial charge < -0.3 is 10.1 Å². The fourth-order valence-corrected chi connectivity index (χ4v) is 1.54. The monoisotopic (exact) mass is 198 g/mol. The molecule has 5 nitrogen and oxygen atoms in total. The first kappa shape index (κ1) is 9.73. The van der Waals surface area contributed by atoms with Crippen molar-refractivity contribution >= 4 is 5.96 Å². The summed E-state index contributed by atoms with van der Waals surface area (Å²) < 4.78 is 5.46. The van der Waals surface area contributed by atoms with Gasteiger partial charge in [0.2, 0.25) is 5.96 Å². The van der Waals surface area contributed by atoms with Gasteiger partial charge in [-0.3, -0.25) is 5.43 Å². The zero-order valence-electron chi connectivity index (χ0n) is 8.33. The molecule has 2 aliphatic rings. The average molecular weight is 198 g/mol. The van der Waals surface area contributed by atoms with Gasteiger partial charge in [-0.15, -0.1) is 0 Å². The molecule has 5 heteroatoms. The zero-order valence-corrected chi connectivity index (χ0v) is 8.33. The molecule has 4 N–H and O–H groups in total. The number of hydrazine groups is 1. The first-order valence-corrected chi connectivity index (χ1v) is 5.27. The Morgan fingerprint density at radius 3 is 2.86 bits per heavy atom. The van der Waals surface area contributed by atoms with E-state index in [-0.39, 0.29) is 0 Å². The summed E-state index contributed by atoms with van der Waals surface area (Å²) in [5, 5.41) is 3.22. The second kappa shape index (κ2) is 4.61. The van der Waals surface area contributed by atoms with Crippen molar-refractivity contribution in [2.45, 2.75) is 37.8 Å². The summed E-state index contributed by atoms with van der Waals surface area (Å²) in [4.78, 5) is 4.35. The summed E-state index contributed by atoms with van der Waals surface area (Å²) in [7, 11) is 0. The molecule has 0 aromatic rings. The first-order chi connectivity index (χ1) is 6.88. The molecule has 0 aromatic carbocycles. The van der Waals surface area contributed by atoms with Crippen LogP contribution in [-0.2, 0) is 4.74 Å². The molecule has 1 atom stereocenters. The number of hydrogen-bond acceptors (Lipinski definition) is 3. The highest BCUT2D eigenvalue weighted by Gasteiger charge is 2.22. The van der Waals surface area contributed by atoms with E-state index in [4.69, 9.17) is 10.6 Å². The highest BCUT2D eigenvalue weighted by molar-refractivity contribution is 5.79. The van der Waals surface area contributed by atoms with Crippen molar-refractivity contribution in [3.8, 4) is 0 Å². The maximum atomic E-state index is 5.46. The maximum absolute atomic E-state index is 5.46. The smallest absolute Gasteiger partial charge is 0.206 e. The number of ether oxygens (including phenoxy) is 1. The molecular weight excluding hydrogens is 180 g/mol. The van der Waals surface area contributed by atoms with Gasteiger partial charge in [0, 0.05) is 12.6 Å². The molecule has 1 heterocycles. The van der Waals surface area contributed by atoms with Gasteiger partial charge in [0.05, 0.1) is 12.6 Å². The van der Waals surface area contributed by atoms with Gasteiger partial charge in [0.15, 0.2) is 0 Å². The molecule has 14 heavy (non-hydrogen) atoms. The van der Waals surface area contributed by atoms with Crippen LogP contribution in [-0.4, -0.2) is 31.3 Å². The molecule has 80 valence electrons. The van der Waals surface area contributed by atoms with Gasteiger partial charge in [-0.2, -0.15) is 0 Å². The van der Waals surface area contributed by atoms with Crippen molar-refractivity contribution in [3.05, 3.63) is 0 Å². The van der Waals surface area contributed by atoms with Crippen LogP contribution in [0.3, 0.4) is 0 Å². The van der Waals surface area contributed by atoms with E-state index < -0.39 is 0 Å². The molecule has 1 unspecified atom stereocenters. The summed E-state index contributed by atoms with van der Waals surface area (Å²) in [6.07, 6.45) is 5.01. The molecule has 1 aliphatic heterocycles. The van der Waals surface area contributed by atoms with E-state index in [1.165, 1.54) is 12.8 Å². The molecule has 2 fully saturated rings. The zero-order chi connectivity index (χ0) is 9.80. The van der Waals surface area contributed by atoms with E-state index in [0.29, 0.717) is 24.7 Å². The largest absolute Gasteiger partial charge is 0.376 e. The van der Waals surface area contributed by atoms with Crippen LogP contribution in [0.2, 0.25) is 0 Å². The number of nitrogens with two attached hydrogens (primary N) is 1. The molecule has 0 aromatic heterocycles. The molecule has 2 rings (SSSR count). The van der Waals surface area contributed by atoms with Gasteiger partial charge in [0.25, 0.3) is 0 Å². The van der Waals surface area contributed by atoms with Crippen molar-refractivity contribution in [1.29, 1.82) is 0 Å². The summed E-state index contributed by atoms with van der Waals surface area (Å²) in [6, 6.07) is 0.578. The highest BCUT2D eigenvalue weighted by Crippen LogP contribution is 2.18. The predicted molar refractivity (Wildman–Crippen MR) is 54.8 cm³/mol. The SMILES string of the molecule is NNC(=NCC1CCCO1)NC1CC1. The van der Waals surface area contributed by atoms with Crippen LogP contribution in [0.4, 0.5) is 0 Å². The third kappa shape index (κ3) is 2.85. The Morgan fingerprint density at radius 1 is 1.43 bits per heavy atom. The van der Waals surface area contributed by atoms with Crippen LogP contribution in [0.25, 0.3) is 0 Å². The van der Waals surface area contributed by atoms with Crippen molar-refractivity contribution in [3.63, 3.8) is 0 Å². The minimum absolute atomic E-state index is 0.291. The van der Waals surface area contributed by atoms with Crippen molar-refractivity contribution in [2.24, 2.45) is 10.8 Å². The fraction of sp³-hybridized carbons (Fsp3) is 0.889. The first-order valence-electron chi connectivity index (χ1n) is 5.27. The van der Waals surface area contributed by atoms with Gasteiger partial charge in [-0.25, -0.2) is 10.8 Å². The third-order valence-electron chi connectivity index (χ3n) is 2.53. The van der Waals surface area contributed by atoms with Crippen LogP contribution >= 0.6 is 0 Å². The van der Waals surface area contributed by atoms with Crippen LogP contribution in [0, 0.1) is 0 Å². The van der Waals surface area contributed by atoms with E-state index >= 15 is 0 Å². The van der Waals surface area contributed by atoms with Crippen LogP contribution in [0.15, 0.2) is 4.99 Å². The summed E-state index contributed by atoms with van der Waals surface area (Å²) in [5.41, 5.74) is 2.58. The second-order valence-electron chi connectivity index (χ2n) is 3.89. The third-order valence-corrected chi connectivity index (χ3v) is 2.53. The summed E-state index contributed by atoms with van der Waals surface area (Å²) in [5.74, 6) is 6.05. The van der Waals surface area contributed by atoms with Gasteiger partial charge in [-0.05, 0) is 25.7 Å². The Bertz CT molecular complexity index is 209. The number of guanidine groups is 1. The molecule has 0 bridgehead atoms. The molecule has 1 saturated carbocycles. The lowest BCUT2D eigenvalue weighted by molar-refractivity contribution is 0.117. The lowest BCUT2D eigenvalue weighted by Crippen LogP contribution is -2.43. The standard InChI is InChI=1S/C9H18N4O/c10-13-9(12-7-3-4-7)11-6-8-2-1-5-14-8/h7-8H,1-6,10H2,(H2,11,12,13). The van der Waals surface area contributed by atoms with Crippen LogP contribution < -0.4 is 16.6 Å². The van der Waals surface area contributed by atoms with E-state index in [2.05, 4.69) is 15.7 Å². The molecular formula is C9H18N4O. The van der Waals surface area contributed by atoms with Crippen LogP contribution in [0.1, 0.15) is 25.7 Å². The number of aliphatic imine (C=N–C) groups is 1. The van der Waals surface area contributed by atoms with Crippen molar-refractivity contribution in [1.82, 2.24) is 10.7 Å². The van der Waals surface area contributed by atoms with Gasteiger partial charge >= 0.3 is 0 Å². The summed E-state index contributed by atoms with van der Waals surface area (Å²) in [6.45, 7) is 1.58. The summed E-state index contributed by atoms with van der Waals surface area (Å²) >= 11 is 0. The Kier molecular flexibility index (Phi) is 3.21. The van der Waals surface area contributed by atoms with Crippen LogP contribution in [0.5, 0.6) is 0 Å². The van der Waals surface area contributed by atoms with E-state index in [1.807, 2.05) is 0 Å². The Labute approximate surface area is 84.1 Å².